The number of hydrogen-bond acceptors (Lipinski definition) is 3. The highest BCUT2D eigenvalue weighted by Crippen LogP contribution is 2.28. The first-order chi connectivity index (χ1) is 12.6. The molecule has 0 bridgehead atoms. The minimum atomic E-state index is -0.372. The number of carbonyl (C=O) groups excluding carboxylic acids is 2. The lowest BCUT2D eigenvalue weighted by atomic mass is 10.1. The van der Waals surface area contributed by atoms with Gasteiger partial charge in [0.25, 0.3) is 5.91 Å². The van der Waals surface area contributed by atoms with Crippen LogP contribution in [0.25, 0.3) is 0 Å². The number of amides is 2. The van der Waals surface area contributed by atoms with Crippen molar-refractivity contribution in [2.24, 2.45) is 0 Å². The molecule has 134 valence electrons. The Morgan fingerprint density at radius 3 is 2.73 bits per heavy atom. The zero-order valence-electron chi connectivity index (χ0n) is 14.9. The first-order valence-corrected chi connectivity index (χ1v) is 9.18. The van der Waals surface area contributed by atoms with E-state index in [9.17, 15) is 9.59 Å². The van der Waals surface area contributed by atoms with Crippen molar-refractivity contribution in [1.29, 1.82) is 0 Å². The van der Waals surface area contributed by atoms with Gasteiger partial charge in [-0.2, -0.15) is 0 Å². The van der Waals surface area contributed by atoms with Crippen LogP contribution in [0.2, 0.25) is 0 Å². The van der Waals surface area contributed by atoms with Crippen molar-refractivity contribution in [2.75, 3.05) is 16.8 Å². The lowest BCUT2D eigenvalue weighted by Gasteiger charge is -2.23. The monoisotopic (exact) mass is 349 g/mol. The molecular formula is C21H23N3O2. The highest BCUT2D eigenvalue weighted by Gasteiger charge is 2.28. The van der Waals surface area contributed by atoms with Gasteiger partial charge >= 0.3 is 0 Å². The Morgan fingerprint density at radius 2 is 1.92 bits per heavy atom. The van der Waals surface area contributed by atoms with E-state index in [1.807, 2.05) is 42.2 Å². The van der Waals surface area contributed by atoms with Gasteiger partial charge in [-0.25, -0.2) is 0 Å². The van der Waals surface area contributed by atoms with E-state index in [0.29, 0.717) is 18.2 Å². The fourth-order valence-electron chi connectivity index (χ4n) is 3.36. The lowest BCUT2D eigenvalue weighted by Crippen LogP contribution is -2.40. The first-order valence-electron chi connectivity index (χ1n) is 9.18. The molecule has 1 aliphatic carbocycles. The van der Waals surface area contributed by atoms with Crippen LogP contribution in [0.5, 0.6) is 0 Å². The van der Waals surface area contributed by atoms with E-state index < -0.39 is 0 Å². The molecule has 2 aromatic rings. The SMILES string of the molecule is CC(Nc1cccc(C(=O)NC2CC2)c1)C(=O)N1CCc2ccccc21. The minimum absolute atomic E-state index is 0.0442. The van der Waals surface area contributed by atoms with Gasteiger partial charge < -0.3 is 15.5 Å². The number of nitrogens with one attached hydrogen (secondary N) is 2. The van der Waals surface area contributed by atoms with Crippen LogP contribution >= 0.6 is 0 Å². The Balaban J connectivity index is 1.44. The first kappa shape index (κ1) is 16.6. The molecule has 2 aliphatic rings. The summed E-state index contributed by atoms with van der Waals surface area (Å²) >= 11 is 0. The number of para-hydroxylation sites is 1. The maximum absolute atomic E-state index is 12.9. The molecular weight excluding hydrogens is 326 g/mol. The standard InChI is InChI=1S/C21H23N3O2/c1-14(21(26)24-12-11-15-5-2-3-8-19(15)24)22-18-7-4-6-16(13-18)20(25)23-17-9-10-17/h2-8,13-14,17,22H,9-12H2,1H3,(H,23,25). The summed E-state index contributed by atoms with van der Waals surface area (Å²) < 4.78 is 0. The number of benzene rings is 2. The molecule has 2 aromatic carbocycles. The van der Waals surface area contributed by atoms with Crippen molar-refractivity contribution in [1.82, 2.24) is 5.32 Å². The molecule has 0 radical (unpaired) electrons. The van der Waals surface area contributed by atoms with Crippen LogP contribution in [0.3, 0.4) is 0 Å². The smallest absolute Gasteiger partial charge is 0.251 e. The zero-order chi connectivity index (χ0) is 18.1. The summed E-state index contributed by atoms with van der Waals surface area (Å²) in [6, 6.07) is 15.3. The summed E-state index contributed by atoms with van der Waals surface area (Å²) in [6.45, 7) is 2.58. The number of carbonyl (C=O) groups is 2. The van der Waals surface area contributed by atoms with Crippen LogP contribution in [-0.4, -0.2) is 30.4 Å². The fourth-order valence-corrected chi connectivity index (χ4v) is 3.36. The summed E-state index contributed by atoms with van der Waals surface area (Å²) in [5.74, 6) is -0.00798. The molecule has 1 fully saturated rings. The highest BCUT2D eigenvalue weighted by atomic mass is 16.2. The van der Waals surface area contributed by atoms with Gasteiger partial charge in [0, 0.05) is 29.5 Å². The van der Waals surface area contributed by atoms with Crippen LogP contribution in [0.1, 0.15) is 35.7 Å². The van der Waals surface area contributed by atoms with Crippen LogP contribution in [0.4, 0.5) is 11.4 Å². The molecule has 0 saturated heterocycles. The van der Waals surface area contributed by atoms with Crippen LogP contribution in [-0.2, 0) is 11.2 Å². The normalized spacial score (nSPS) is 16.7. The Hall–Kier alpha value is -2.82. The predicted molar refractivity (Wildman–Crippen MR) is 103 cm³/mol. The van der Waals surface area contributed by atoms with Crippen LogP contribution in [0, 0.1) is 0 Å². The third-order valence-electron chi connectivity index (χ3n) is 4.94. The van der Waals surface area contributed by atoms with E-state index in [2.05, 4.69) is 16.7 Å². The summed E-state index contributed by atoms with van der Waals surface area (Å²) in [7, 11) is 0. The average molecular weight is 349 g/mol. The van der Waals surface area contributed by atoms with Gasteiger partial charge in [0.15, 0.2) is 0 Å². The van der Waals surface area contributed by atoms with Crippen molar-refractivity contribution in [3.05, 3.63) is 59.7 Å². The summed E-state index contributed by atoms with van der Waals surface area (Å²) in [4.78, 5) is 26.9. The molecule has 1 heterocycles. The van der Waals surface area contributed by atoms with Crippen molar-refractivity contribution in [2.45, 2.75) is 38.3 Å². The van der Waals surface area contributed by atoms with Crippen molar-refractivity contribution < 1.29 is 9.59 Å². The van der Waals surface area contributed by atoms with Gasteiger partial charge in [-0.1, -0.05) is 24.3 Å². The predicted octanol–water partition coefficient (Wildman–Crippen LogP) is 2.97. The summed E-state index contributed by atoms with van der Waals surface area (Å²) in [5, 5.41) is 6.23. The number of fused-ring (bicyclic) bond motifs is 1. The highest BCUT2D eigenvalue weighted by molar-refractivity contribution is 6.00. The Bertz CT molecular complexity index is 845. The molecule has 5 nitrogen and oxygen atoms in total. The van der Waals surface area contributed by atoms with E-state index in [1.54, 1.807) is 12.1 Å². The number of anilines is 2. The quantitative estimate of drug-likeness (QED) is 0.872. The average Bonchev–Trinajstić information content (AvgIpc) is 3.36. The largest absolute Gasteiger partial charge is 0.374 e. The van der Waals surface area contributed by atoms with E-state index in [-0.39, 0.29) is 17.9 Å². The van der Waals surface area contributed by atoms with E-state index >= 15 is 0 Å². The third-order valence-corrected chi connectivity index (χ3v) is 4.94. The number of rotatable bonds is 5. The second-order valence-electron chi connectivity index (χ2n) is 7.06. The Morgan fingerprint density at radius 1 is 1.12 bits per heavy atom. The molecule has 2 N–H and O–H groups in total. The van der Waals surface area contributed by atoms with E-state index in [4.69, 9.17) is 0 Å². The van der Waals surface area contributed by atoms with Gasteiger partial charge in [0.05, 0.1) is 0 Å². The second-order valence-corrected chi connectivity index (χ2v) is 7.06. The molecule has 1 aliphatic heterocycles. The van der Waals surface area contributed by atoms with Gasteiger partial charge in [0.1, 0.15) is 6.04 Å². The van der Waals surface area contributed by atoms with Gasteiger partial charge in [-0.15, -0.1) is 0 Å². The maximum Gasteiger partial charge on any atom is 0.251 e. The maximum atomic E-state index is 12.9. The van der Waals surface area contributed by atoms with Gasteiger partial charge in [-0.3, -0.25) is 9.59 Å². The minimum Gasteiger partial charge on any atom is -0.374 e. The van der Waals surface area contributed by atoms with Gasteiger partial charge in [0.2, 0.25) is 5.91 Å². The Labute approximate surface area is 153 Å². The molecule has 4 rings (SSSR count). The summed E-state index contributed by atoms with van der Waals surface area (Å²) in [5.41, 5.74) is 3.62. The molecule has 1 atom stereocenters. The zero-order valence-corrected chi connectivity index (χ0v) is 14.9. The number of nitrogens with zero attached hydrogens (tertiary/aromatic N) is 1. The van der Waals surface area contributed by atoms with Crippen LogP contribution in [0.15, 0.2) is 48.5 Å². The lowest BCUT2D eigenvalue weighted by molar-refractivity contribution is -0.118. The second kappa shape index (κ2) is 6.83. The molecule has 1 saturated carbocycles. The molecule has 26 heavy (non-hydrogen) atoms. The van der Waals surface area contributed by atoms with E-state index in [1.165, 1.54) is 5.56 Å². The van der Waals surface area contributed by atoms with Gasteiger partial charge in [-0.05, 0) is 56.0 Å². The number of hydrogen-bond donors (Lipinski definition) is 2. The molecule has 1 unspecified atom stereocenters. The molecule has 0 spiro atoms. The summed E-state index contributed by atoms with van der Waals surface area (Å²) in [6.07, 6.45) is 3.02. The third kappa shape index (κ3) is 3.43. The van der Waals surface area contributed by atoms with Crippen molar-refractivity contribution in [3.8, 4) is 0 Å². The molecule has 0 aromatic heterocycles. The fraction of sp³-hybridized carbons (Fsp3) is 0.333. The van der Waals surface area contributed by atoms with E-state index in [0.717, 1.165) is 30.6 Å². The van der Waals surface area contributed by atoms with Crippen molar-refractivity contribution in [3.63, 3.8) is 0 Å². The molecule has 2 amide bonds. The Kier molecular flexibility index (Phi) is 4.37. The molecule has 5 heteroatoms. The van der Waals surface area contributed by atoms with Crippen molar-refractivity contribution >= 4 is 23.2 Å². The van der Waals surface area contributed by atoms with Crippen LogP contribution < -0.4 is 15.5 Å². The topological polar surface area (TPSA) is 61.4 Å².